The van der Waals surface area contributed by atoms with Crippen LogP contribution in [-0.4, -0.2) is 16.2 Å². The van der Waals surface area contributed by atoms with Crippen LogP contribution in [0.15, 0.2) is 41.7 Å². The van der Waals surface area contributed by atoms with E-state index in [0.29, 0.717) is 33.2 Å². The van der Waals surface area contributed by atoms with Crippen molar-refractivity contribution in [2.75, 3.05) is 5.73 Å². The molecule has 0 unspecified atom stereocenters. The molecule has 0 bridgehead atoms. The second-order valence-corrected chi connectivity index (χ2v) is 5.52. The number of nitrogens with zero attached hydrogens (tertiary/aromatic N) is 3. The van der Waals surface area contributed by atoms with E-state index in [2.05, 4.69) is 15.0 Å². The van der Waals surface area contributed by atoms with Gasteiger partial charge in [0, 0.05) is 35.1 Å². The average Bonchev–Trinajstić information content (AvgIpc) is 3.03. The van der Waals surface area contributed by atoms with Crippen LogP contribution in [-0.2, 0) is 12.7 Å². The molecule has 24 heavy (non-hydrogen) atoms. The van der Waals surface area contributed by atoms with Crippen molar-refractivity contribution >= 4 is 22.9 Å². The van der Waals surface area contributed by atoms with Crippen LogP contribution in [0.1, 0.15) is 16.7 Å². The van der Waals surface area contributed by atoms with E-state index in [1.165, 1.54) is 6.20 Å². The molecule has 0 spiro atoms. The van der Waals surface area contributed by atoms with Gasteiger partial charge in [0.05, 0.1) is 12.1 Å². The second kappa shape index (κ2) is 5.02. The molecule has 2 N–H and O–H groups in total. The third-order valence-corrected chi connectivity index (χ3v) is 4.04. The first-order chi connectivity index (χ1) is 11.4. The number of hydrogen-bond donors (Lipinski definition) is 1. The molecule has 4 rings (SSSR count). The van der Waals surface area contributed by atoms with E-state index < -0.39 is 11.7 Å². The molecule has 0 amide bonds. The average molecular weight is 328 g/mol. The molecular formula is C17H11F3N4. The van der Waals surface area contributed by atoms with Crippen LogP contribution in [0.5, 0.6) is 0 Å². The molecule has 2 aromatic heterocycles. The topological polar surface area (TPSA) is 64.2 Å². The van der Waals surface area contributed by atoms with E-state index in [1.807, 2.05) is 0 Å². The van der Waals surface area contributed by atoms with Crippen molar-refractivity contribution < 1.29 is 13.2 Å². The molecule has 0 radical (unpaired) electrons. The summed E-state index contributed by atoms with van der Waals surface area (Å²) < 4.78 is 39.7. The summed E-state index contributed by atoms with van der Waals surface area (Å²) in [5, 5.41) is 0.659. The Hall–Kier alpha value is -2.96. The molecule has 0 saturated carbocycles. The number of benzene rings is 1. The van der Waals surface area contributed by atoms with Crippen molar-refractivity contribution in [1.29, 1.82) is 0 Å². The number of fused-ring (bicyclic) bond motifs is 2. The monoisotopic (exact) mass is 328 g/mol. The van der Waals surface area contributed by atoms with Gasteiger partial charge in [0.25, 0.3) is 0 Å². The Bertz CT molecular complexity index is 993. The van der Waals surface area contributed by atoms with Gasteiger partial charge in [0.2, 0.25) is 0 Å². The number of aromatic nitrogens is 2. The van der Waals surface area contributed by atoms with Crippen molar-refractivity contribution in [1.82, 2.24) is 9.97 Å². The van der Waals surface area contributed by atoms with Crippen molar-refractivity contribution in [2.45, 2.75) is 12.7 Å². The molecule has 3 heterocycles. The summed E-state index contributed by atoms with van der Waals surface area (Å²) in [7, 11) is 0. The fourth-order valence-corrected chi connectivity index (χ4v) is 2.92. The summed E-state index contributed by atoms with van der Waals surface area (Å²) in [5.74, 6) is 0.242. The number of rotatable bonds is 1. The van der Waals surface area contributed by atoms with Crippen LogP contribution in [0.25, 0.3) is 22.0 Å². The number of nitrogen functional groups attached to an aromatic ring is 1. The van der Waals surface area contributed by atoms with Crippen molar-refractivity contribution in [3.05, 3.63) is 53.3 Å². The Morgan fingerprint density at radius 1 is 1.08 bits per heavy atom. The molecule has 0 aliphatic carbocycles. The molecule has 3 aromatic rings. The number of halogens is 3. The normalized spacial score (nSPS) is 13.5. The van der Waals surface area contributed by atoms with Gasteiger partial charge < -0.3 is 5.73 Å². The summed E-state index contributed by atoms with van der Waals surface area (Å²) in [5.41, 5.74) is 7.83. The third kappa shape index (κ3) is 2.20. The van der Waals surface area contributed by atoms with Gasteiger partial charge in [0.15, 0.2) is 0 Å². The highest BCUT2D eigenvalue weighted by atomic mass is 19.4. The molecule has 1 aliphatic heterocycles. The number of hydrogen-bond acceptors (Lipinski definition) is 4. The van der Waals surface area contributed by atoms with Gasteiger partial charge in [-0.3, -0.25) is 9.98 Å². The molecular weight excluding hydrogens is 317 g/mol. The van der Waals surface area contributed by atoms with Gasteiger partial charge >= 0.3 is 6.18 Å². The molecule has 0 fully saturated rings. The number of anilines is 1. The summed E-state index contributed by atoms with van der Waals surface area (Å²) in [6.45, 7) is 0.241. The van der Waals surface area contributed by atoms with E-state index >= 15 is 0 Å². The van der Waals surface area contributed by atoms with Crippen LogP contribution < -0.4 is 5.73 Å². The first kappa shape index (κ1) is 14.6. The molecule has 7 heteroatoms. The Kier molecular flexibility index (Phi) is 3.06. The van der Waals surface area contributed by atoms with E-state index in [4.69, 9.17) is 5.73 Å². The molecule has 1 aliphatic rings. The van der Waals surface area contributed by atoms with Crippen molar-refractivity contribution in [3.8, 4) is 11.1 Å². The smallest absolute Gasteiger partial charge is 0.382 e. The minimum atomic E-state index is -4.43. The van der Waals surface area contributed by atoms with Gasteiger partial charge in [-0.1, -0.05) is 6.07 Å². The van der Waals surface area contributed by atoms with Crippen LogP contribution in [0.2, 0.25) is 0 Å². The molecule has 0 saturated heterocycles. The van der Waals surface area contributed by atoms with Crippen LogP contribution in [0.3, 0.4) is 0 Å². The van der Waals surface area contributed by atoms with E-state index in [1.54, 1.807) is 24.5 Å². The fourth-order valence-electron chi connectivity index (χ4n) is 2.92. The van der Waals surface area contributed by atoms with Crippen LogP contribution in [0, 0.1) is 0 Å². The maximum atomic E-state index is 13.2. The third-order valence-electron chi connectivity index (χ3n) is 4.04. The van der Waals surface area contributed by atoms with Crippen LogP contribution >= 0.6 is 0 Å². The van der Waals surface area contributed by atoms with E-state index in [-0.39, 0.29) is 12.4 Å². The summed E-state index contributed by atoms with van der Waals surface area (Å²) in [4.78, 5) is 12.4. The number of alkyl halides is 3. The number of pyridine rings is 2. The van der Waals surface area contributed by atoms with Gasteiger partial charge in [-0.15, -0.1) is 0 Å². The summed E-state index contributed by atoms with van der Waals surface area (Å²) in [6, 6.07) is 5.77. The minimum absolute atomic E-state index is 0.241. The fraction of sp³-hybridized carbons (Fsp3) is 0.118. The van der Waals surface area contributed by atoms with Gasteiger partial charge in [-0.05, 0) is 29.3 Å². The lowest BCUT2D eigenvalue weighted by Crippen LogP contribution is -2.07. The first-order valence-electron chi connectivity index (χ1n) is 7.18. The van der Waals surface area contributed by atoms with Gasteiger partial charge in [-0.2, -0.15) is 13.2 Å². The van der Waals surface area contributed by atoms with Gasteiger partial charge in [0.1, 0.15) is 11.3 Å². The zero-order valence-electron chi connectivity index (χ0n) is 12.3. The zero-order chi connectivity index (χ0) is 16.9. The Labute approximate surface area is 134 Å². The summed E-state index contributed by atoms with van der Waals surface area (Å²) >= 11 is 0. The highest BCUT2D eigenvalue weighted by molar-refractivity contribution is 6.04. The SMILES string of the molecule is Nc1ncc(-c2cc(C(F)(F)F)cc3c2C=NC3)c2cccnc12. The second-order valence-electron chi connectivity index (χ2n) is 5.52. The highest BCUT2D eigenvalue weighted by Gasteiger charge is 2.33. The lowest BCUT2D eigenvalue weighted by atomic mass is 9.93. The maximum absolute atomic E-state index is 13.2. The Morgan fingerprint density at radius 2 is 1.92 bits per heavy atom. The maximum Gasteiger partial charge on any atom is 0.416 e. The lowest BCUT2D eigenvalue weighted by Gasteiger charge is -2.15. The number of nitrogens with two attached hydrogens (primary N) is 1. The van der Waals surface area contributed by atoms with E-state index in [0.717, 1.165) is 12.1 Å². The lowest BCUT2D eigenvalue weighted by molar-refractivity contribution is -0.137. The predicted molar refractivity (Wildman–Crippen MR) is 85.7 cm³/mol. The molecule has 120 valence electrons. The first-order valence-corrected chi connectivity index (χ1v) is 7.18. The minimum Gasteiger partial charge on any atom is -0.382 e. The zero-order valence-corrected chi connectivity index (χ0v) is 12.3. The quantitative estimate of drug-likeness (QED) is 0.738. The van der Waals surface area contributed by atoms with Crippen molar-refractivity contribution in [3.63, 3.8) is 0 Å². The Balaban J connectivity index is 2.06. The van der Waals surface area contributed by atoms with Crippen molar-refractivity contribution in [2.24, 2.45) is 4.99 Å². The van der Waals surface area contributed by atoms with E-state index in [9.17, 15) is 13.2 Å². The van der Waals surface area contributed by atoms with Gasteiger partial charge in [-0.25, -0.2) is 4.98 Å². The molecule has 0 atom stereocenters. The summed E-state index contributed by atoms with van der Waals surface area (Å²) in [6.07, 6.45) is 0.231. The highest BCUT2D eigenvalue weighted by Crippen LogP contribution is 2.39. The largest absolute Gasteiger partial charge is 0.416 e. The predicted octanol–water partition coefficient (Wildman–Crippen LogP) is 3.83. The number of aliphatic imine (C=N–C) groups is 1. The Morgan fingerprint density at radius 3 is 2.71 bits per heavy atom. The molecule has 1 aromatic carbocycles. The van der Waals surface area contributed by atoms with Crippen LogP contribution in [0.4, 0.5) is 19.0 Å². The standard InChI is InChI=1S/C17H11F3N4/c18-17(19,20)10-4-9-6-22-7-13(9)12(5-10)14-8-24-16(21)15-11(14)2-1-3-23-15/h1-5,7-8H,6H2,(H2,21,24). The molecule has 4 nitrogen and oxygen atoms in total.